The highest BCUT2D eigenvalue weighted by molar-refractivity contribution is 5.75. The van der Waals surface area contributed by atoms with Crippen molar-refractivity contribution in [2.45, 2.75) is 89.5 Å². The topological polar surface area (TPSA) is 65.1 Å². The Kier molecular flexibility index (Phi) is 3.61. The summed E-state index contributed by atoms with van der Waals surface area (Å²) < 4.78 is 18.6. The minimum Gasteiger partial charge on any atom is -0.462 e. The summed E-state index contributed by atoms with van der Waals surface area (Å²) in [5.41, 5.74) is -0.270. The Labute approximate surface area is 166 Å². The average molecular weight is 389 g/mol. The van der Waals surface area contributed by atoms with Gasteiger partial charge in [-0.3, -0.25) is 9.59 Å². The first-order chi connectivity index (χ1) is 13.5. The lowest BCUT2D eigenvalue weighted by molar-refractivity contribution is -0.400. The van der Waals surface area contributed by atoms with E-state index < -0.39 is 0 Å². The Hall–Kier alpha value is -1.14. The van der Waals surface area contributed by atoms with Gasteiger partial charge in [-0.25, -0.2) is 4.90 Å². The van der Waals surface area contributed by atoms with Crippen molar-refractivity contribution in [2.24, 2.45) is 35.5 Å². The number of fused-ring (bicyclic) bond motifs is 2. The molecule has 1 saturated carbocycles. The largest absolute Gasteiger partial charge is 0.462 e. The van der Waals surface area contributed by atoms with Gasteiger partial charge in [0.15, 0.2) is 0 Å². The van der Waals surface area contributed by atoms with E-state index in [1.165, 1.54) is 0 Å². The summed E-state index contributed by atoms with van der Waals surface area (Å²) in [6, 6.07) is 0.220. The molecule has 28 heavy (non-hydrogen) atoms. The Morgan fingerprint density at radius 1 is 1.07 bits per heavy atom. The fourth-order valence-corrected chi connectivity index (χ4v) is 8.01. The standard InChI is InChI=1S/C22H31NO5/c1-4-12-13-6-5-7-17-23-15(16-8-10(2)20(24)26-16)9-14(22(13,23)28-17)18-11(3)21(25)27-19(12)18/h10-19H,4-9H2,1-3H3. The second kappa shape index (κ2) is 5.72. The molecule has 11 unspecified atom stereocenters. The van der Waals surface area contributed by atoms with E-state index in [2.05, 4.69) is 11.8 Å². The first kappa shape index (κ1) is 17.7. The van der Waals surface area contributed by atoms with Gasteiger partial charge in [0.2, 0.25) is 0 Å². The van der Waals surface area contributed by atoms with Gasteiger partial charge < -0.3 is 14.2 Å². The summed E-state index contributed by atoms with van der Waals surface area (Å²) in [7, 11) is 0. The van der Waals surface area contributed by atoms with Gasteiger partial charge in [0.05, 0.1) is 17.9 Å². The highest BCUT2D eigenvalue weighted by atomic mass is 16.6. The van der Waals surface area contributed by atoms with Crippen LogP contribution in [0.3, 0.4) is 0 Å². The summed E-state index contributed by atoms with van der Waals surface area (Å²) in [4.78, 5) is 27.3. The highest BCUT2D eigenvalue weighted by Gasteiger charge is 2.77. The number of carbonyl (C=O) groups excluding carboxylic acids is 2. The maximum absolute atomic E-state index is 12.5. The molecular weight excluding hydrogens is 358 g/mol. The van der Waals surface area contributed by atoms with E-state index in [0.717, 1.165) is 38.5 Å². The van der Waals surface area contributed by atoms with Crippen molar-refractivity contribution in [3.05, 3.63) is 0 Å². The third-order valence-electron chi connectivity index (χ3n) is 9.06. The molecule has 0 aromatic carbocycles. The van der Waals surface area contributed by atoms with Crippen LogP contribution in [0.1, 0.15) is 59.3 Å². The lowest BCUT2D eigenvalue weighted by Gasteiger charge is -2.64. The van der Waals surface area contributed by atoms with Crippen molar-refractivity contribution < 1.29 is 23.8 Å². The van der Waals surface area contributed by atoms with E-state index in [1.807, 2.05) is 13.8 Å². The molecule has 2 bridgehead atoms. The van der Waals surface area contributed by atoms with Crippen LogP contribution in [0.25, 0.3) is 0 Å². The Morgan fingerprint density at radius 3 is 2.61 bits per heavy atom. The number of nitrogens with zero attached hydrogens (tertiary/aromatic N) is 1. The molecule has 154 valence electrons. The van der Waals surface area contributed by atoms with Crippen LogP contribution < -0.4 is 0 Å². The normalized spacial score (nSPS) is 57.1. The third kappa shape index (κ3) is 1.92. The molecule has 1 aliphatic carbocycles. The molecule has 0 radical (unpaired) electrons. The Bertz CT molecular complexity index is 726. The molecule has 6 aliphatic rings. The molecule has 5 heterocycles. The van der Waals surface area contributed by atoms with Crippen LogP contribution in [0.4, 0.5) is 0 Å². The van der Waals surface area contributed by atoms with E-state index in [9.17, 15) is 9.59 Å². The van der Waals surface area contributed by atoms with Crippen LogP contribution in [0.5, 0.6) is 0 Å². The Balaban J connectivity index is 1.43. The van der Waals surface area contributed by atoms with Gasteiger partial charge in [-0.2, -0.15) is 0 Å². The fourth-order valence-electron chi connectivity index (χ4n) is 8.01. The van der Waals surface area contributed by atoms with Gasteiger partial charge in [-0.1, -0.05) is 20.8 Å². The number of carbonyl (C=O) groups is 2. The maximum Gasteiger partial charge on any atom is 0.309 e. The van der Waals surface area contributed by atoms with Crippen LogP contribution in [0, 0.1) is 35.5 Å². The smallest absolute Gasteiger partial charge is 0.309 e. The number of esters is 2. The van der Waals surface area contributed by atoms with Gasteiger partial charge in [0.1, 0.15) is 24.2 Å². The van der Waals surface area contributed by atoms with E-state index in [-0.39, 0.29) is 59.9 Å². The van der Waals surface area contributed by atoms with Crippen molar-refractivity contribution in [3.63, 3.8) is 0 Å². The zero-order valence-corrected chi connectivity index (χ0v) is 17.0. The van der Waals surface area contributed by atoms with E-state index >= 15 is 0 Å². The van der Waals surface area contributed by atoms with Gasteiger partial charge in [0, 0.05) is 23.7 Å². The Morgan fingerprint density at radius 2 is 1.89 bits per heavy atom. The monoisotopic (exact) mass is 389 g/mol. The van der Waals surface area contributed by atoms with Crippen molar-refractivity contribution in [2.75, 3.05) is 0 Å². The number of cyclic esters (lactones) is 1. The molecular formula is C22H31NO5. The predicted octanol–water partition coefficient (Wildman–Crippen LogP) is 2.70. The lowest BCUT2D eigenvalue weighted by Crippen LogP contribution is -2.76. The maximum atomic E-state index is 12.5. The van der Waals surface area contributed by atoms with Crippen LogP contribution in [0.15, 0.2) is 0 Å². The molecule has 0 N–H and O–H groups in total. The molecule has 5 saturated heterocycles. The van der Waals surface area contributed by atoms with Crippen LogP contribution in [-0.4, -0.2) is 47.0 Å². The number of ether oxygens (including phenoxy) is 3. The second-order valence-corrected chi connectivity index (χ2v) is 10.1. The molecule has 1 spiro atoms. The summed E-state index contributed by atoms with van der Waals surface area (Å²) in [5, 5.41) is 0. The molecule has 0 amide bonds. The molecule has 6 rings (SSSR count). The predicted molar refractivity (Wildman–Crippen MR) is 98.7 cm³/mol. The van der Waals surface area contributed by atoms with Crippen molar-refractivity contribution in [1.82, 2.24) is 4.90 Å². The average Bonchev–Trinajstić information content (AvgIpc) is 3.10. The minimum absolute atomic E-state index is 0.0170. The summed E-state index contributed by atoms with van der Waals surface area (Å²) in [6.07, 6.45) is 6.27. The number of hydrogen-bond donors (Lipinski definition) is 0. The van der Waals surface area contributed by atoms with Gasteiger partial charge >= 0.3 is 11.9 Å². The molecule has 11 atom stereocenters. The molecule has 0 aromatic rings. The second-order valence-electron chi connectivity index (χ2n) is 10.1. The quantitative estimate of drug-likeness (QED) is 0.677. The minimum atomic E-state index is -0.270. The summed E-state index contributed by atoms with van der Waals surface area (Å²) >= 11 is 0. The first-order valence-electron chi connectivity index (χ1n) is 11.3. The zero-order chi connectivity index (χ0) is 19.4. The fraction of sp³-hybridized carbons (Fsp3) is 0.909. The highest BCUT2D eigenvalue weighted by Crippen LogP contribution is 2.68. The molecule has 0 aromatic heterocycles. The summed E-state index contributed by atoms with van der Waals surface area (Å²) in [6.45, 7) is 6.24. The molecule has 6 heteroatoms. The van der Waals surface area contributed by atoms with Crippen LogP contribution in [0.2, 0.25) is 0 Å². The third-order valence-corrected chi connectivity index (χ3v) is 9.06. The van der Waals surface area contributed by atoms with Gasteiger partial charge in [-0.05, 0) is 38.5 Å². The lowest BCUT2D eigenvalue weighted by atomic mass is 9.57. The van der Waals surface area contributed by atoms with E-state index in [1.54, 1.807) is 0 Å². The first-order valence-corrected chi connectivity index (χ1v) is 11.3. The molecule has 6 fully saturated rings. The van der Waals surface area contributed by atoms with Crippen LogP contribution >= 0.6 is 0 Å². The van der Waals surface area contributed by atoms with Crippen molar-refractivity contribution in [1.29, 1.82) is 0 Å². The SMILES string of the molecule is CCC1C2OC(=O)C(C)C2C2CC(C3CC(C)C(=O)O3)N3C4CCCC1C23O4. The van der Waals surface area contributed by atoms with Crippen molar-refractivity contribution >= 4 is 11.9 Å². The number of rotatable bonds is 2. The van der Waals surface area contributed by atoms with Crippen molar-refractivity contribution in [3.8, 4) is 0 Å². The molecule has 6 nitrogen and oxygen atoms in total. The molecule has 5 aliphatic heterocycles. The van der Waals surface area contributed by atoms with E-state index in [0.29, 0.717) is 17.8 Å². The zero-order valence-electron chi connectivity index (χ0n) is 17.0. The van der Waals surface area contributed by atoms with E-state index in [4.69, 9.17) is 14.2 Å². The van der Waals surface area contributed by atoms with Gasteiger partial charge in [0.25, 0.3) is 0 Å². The summed E-state index contributed by atoms with van der Waals surface area (Å²) in [5.74, 6) is 1.09. The van der Waals surface area contributed by atoms with Gasteiger partial charge in [-0.15, -0.1) is 0 Å². The van der Waals surface area contributed by atoms with Crippen LogP contribution in [-0.2, 0) is 23.8 Å². The number of hydrogen-bond acceptors (Lipinski definition) is 6.